The number of hydrogen-bond donors (Lipinski definition) is 2. The van der Waals surface area contributed by atoms with E-state index in [-0.39, 0.29) is 11.5 Å². The van der Waals surface area contributed by atoms with E-state index in [1.54, 1.807) is 0 Å². The molecule has 0 bridgehead atoms. The van der Waals surface area contributed by atoms with E-state index in [1.165, 1.54) is 6.92 Å². The average molecular weight is 148 g/mol. The van der Waals surface area contributed by atoms with Gasteiger partial charge < -0.3 is 14.9 Å². The minimum atomic E-state index is -1.51. The van der Waals surface area contributed by atoms with Gasteiger partial charge in [-0.25, -0.2) is 4.39 Å². The van der Waals surface area contributed by atoms with Gasteiger partial charge in [0.1, 0.15) is 12.4 Å². The Morgan fingerprint density at radius 3 is 2.50 bits per heavy atom. The van der Waals surface area contributed by atoms with Gasteiger partial charge in [-0.1, -0.05) is 0 Å². The van der Waals surface area contributed by atoms with Gasteiger partial charge in [0, 0.05) is 0 Å². The molecule has 0 saturated carbocycles. The van der Waals surface area contributed by atoms with Gasteiger partial charge in [0.15, 0.2) is 5.76 Å². The molecule has 0 saturated heterocycles. The molecule has 1 rings (SSSR count). The zero-order valence-corrected chi connectivity index (χ0v) is 5.54. The van der Waals surface area contributed by atoms with Crippen LogP contribution in [0.2, 0.25) is 0 Å². The standard InChI is InChI=1S/C6H9FO3/c1-3-5(9)4(2-8)10-6(3)7/h3,6,8-9H,2H2,1H3. The topological polar surface area (TPSA) is 49.7 Å². The molecule has 58 valence electrons. The van der Waals surface area contributed by atoms with Crippen molar-refractivity contribution in [1.82, 2.24) is 0 Å². The molecule has 2 unspecified atom stereocenters. The van der Waals surface area contributed by atoms with Gasteiger partial charge in [0.05, 0.1) is 5.92 Å². The molecule has 10 heavy (non-hydrogen) atoms. The first-order valence-electron chi connectivity index (χ1n) is 3.00. The van der Waals surface area contributed by atoms with Crippen molar-refractivity contribution in [2.75, 3.05) is 6.61 Å². The van der Waals surface area contributed by atoms with Gasteiger partial charge in [0.2, 0.25) is 6.36 Å². The lowest BCUT2D eigenvalue weighted by molar-refractivity contribution is -0.00793. The van der Waals surface area contributed by atoms with Crippen LogP contribution < -0.4 is 0 Å². The predicted molar refractivity (Wildman–Crippen MR) is 31.9 cm³/mol. The molecule has 2 N–H and O–H groups in total. The summed E-state index contributed by atoms with van der Waals surface area (Å²) in [5.74, 6) is -0.892. The predicted octanol–water partition coefficient (Wildman–Crippen LogP) is 0.710. The summed E-state index contributed by atoms with van der Waals surface area (Å²) in [5, 5.41) is 17.4. The fourth-order valence-electron chi connectivity index (χ4n) is 0.795. The van der Waals surface area contributed by atoms with Crippen LogP contribution in [0.5, 0.6) is 0 Å². The van der Waals surface area contributed by atoms with Crippen LogP contribution in [0.1, 0.15) is 6.92 Å². The van der Waals surface area contributed by atoms with Gasteiger partial charge in [-0.3, -0.25) is 0 Å². The second-order valence-corrected chi connectivity index (χ2v) is 2.22. The van der Waals surface area contributed by atoms with E-state index in [0.29, 0.717) is 0 Å². The van der Waals surface area contributed by atoms with E-state index in [2.05, 4.69) is 4.74 Å². The summed E-state index contributed by atoms with van der Waals surface area (Å²) in [6.45, 7) is 1.04. The van der Waals surface area contributed by atoms with Crippen molar-refractivity contribution in [2.24, 2.45) is 5.92 Å². The van der Waals surface area contributed by atoms with Crippen molar-refractivity contribution in [3.63, 3.8) is 0 Å². The highest BCUT2D eigenvalue weighted by Crippen LogP contribution is 2.29. The number of aliphatic hydroxyl groups excluding tert-OH is 2. The number of halogens is 1. The minimum Gasteiger partial charge on any atom is -0.508 e. The van der Waals surface area contributed by atoms with Crippen molar-refractivity contribution >= 4 is 0 Å². The van der Waals surface area contributed by atoms with Crippen LogP contribution in [0, 0.1) is 5.92 Å². The summed E-state index contributed by atoms with van der Waals surface area (Å²) in [4.78, 5) is 0. The lowest BCUT2D eigenvalue weighted by Crippen LogP contribution is -2.08. The van der Waals surface area contributed by atoms with E-state index in [0.717, 1.165) is 0 Å². The molecule has 0 aromatic carbocycles. The third kappa shape index (κ3) is 0.945. The van der Waals surface area contributed by atoms with Gasteiger partial charge in [-0.15, -0.1) is 0 Å². The summed E-state index contributed by atoms with van der Waals surface area (Å²) in [6, 6.07) is 0. The Hall–Kier alpha value is -0.770. The van der Waals surface area contributed by atoms with Gasteiger partial charge >= 0.3 is 0 Å². The number of aliphatic hydroxyl groups is 2. The molecule has 4 heteroatoms. The van der Waals surface area contributed by atoms with Crippen molar-refractivity contribution in [3.05, 3.63) is 11.5 Å². The molecule has 2 atom stereocenters. The van der Waals surface area contributed by atoms with Crippen molar-refractivity contribution in [3.8, 4) is 0 Å². The van der Waals surface area contributed by atoms with Crippen LogP contribution in [0.25, 0.3) is 0 Å². The van der Waals surface area contributed by atoms with Crippen molar-refractivity contribution in [1.29, 1.82) is 0 Å². The second kappa shape index (κ2) is 2.46. The molecule has 1 aliphatic heterocycles. The minimum absolute atomic E-state index is 0.0556. The molecule has 1 aliphatic rings. The first-order chi connectivity index (χ1) is 4.66. The molecule has 0 amide bonds. The maximum absolute atomic E-state index is 12.5. The third-order valence-corrected chi connectivity index (χ3v) is 1.51. The monoisotopic (exact) mass is 148 g/mol. The maximum Gasteiger partial charge on any atom is 0.248 e. The van der Waals surface area contributed by atoms with Gasteiger partial charge in [0.25, 0.3) is 0 Å². The van der Waals surface area contributed by atoms with E-state index in [1.807, 2.05) is 0 Å². The van der Waals surface area contributed by atoms with Crippen LogP contribution in [0.3, 0.4) is 0 Å². The van der Waals surface area contributed by atoms with E-state index >= 15 is 0 Å². The SMILES string of the molecule is CC1C(O)=C(CO)OC1F. The summed E-state index contributed by atoms with van der Waals surface area (Å²) in [7, 11) is 0. The quantitative estimate of drug-likeness (QED) is 0.575. The summed E-state index contributed by atoms with van der Waals surface area (Å²) in [5.41, 5.74) is 0. The molecule has 0 spiro atoms. The molecule has 0 radical (unpaired) electrons. The lowest BCUT2D eigenvalue weighted by atomic mass is 10.1. The Kier molecular flexibility index (Phi) is 1.80. The van der Waals surface area contributed by atoms with Crippen LogP contribution in [-0.2, 0) is 4.74 Å². The van der Waals surface area contributed by atoms with E-state index < -0.39 is 18.9 Å². The third-order valence-electron chi connectivity index (χ3n) is 1.51. The number of hydrogen-bond acceptors (Lipinski definition) is 3. The van der Waals surface area contributed by atoms with Gasteiger partial charge in [-0.2, -0.15) is 0 Å². The maximum atomic E-state index is 12.5. The Bertz CT molecular complexity index is 166. The highest BCUT2D eigenvalue weighted by atomic mass is 19.1. The van der Waals surface area contributed by atoms with Crippen LogP contribution >= 0.6 is 0 Å². The molecular formula is C6H9FO3. The molecule has 0 aromatic rings. The second-order valence-electron chi connectivity index (χ2n) is 2.22. The Morgan fingerprint density at radius 1 is 1.70 bits per heavy atom. The van der Waals surface area contributed by atoms with Crippen molar-refractivity contribution < 1.29 is 19.3 Å². The Morgan fingerprint density at radius 2 is 2.30 bits per heavy atom. The van der Waals surface area contributed by atoms with E-state index in [9.17, 15) is 4.39 Å². The van der Waals surface area contributed by atoms with Crippen LogP contribution in [0.4, 0.5) is 4.39 Å². The van der Waals surface area contributed by atoms with Crippen molar-refractivity contribution in [2.45, 2.75) is 13.3 Å². The molecule has 1 heterocycles. The highest BCUT2D eigenvalue weighted by Gasteiger charge is 2.32. The summed E-state index contributed by atoms with van der Waals surface area (Å²) < 4.78 is 16.9. The number of rotatable bonds is 1. The summed E-state index contributed by atoms with van der Waals surface area (Å²) in [6.07, 6.45) is -1.51. The first-order valence-corrected chi connectivity index (χ1v) is 3.00. The van der Waals surface area contributed by atoms with Crippen LogP contribution in [-0.4, -0.2) is 23.2 Å². The Labute approximate surface area is 57.7 Å². The van der Waals surface area contributed by atoms with Crippen LogP contribution in [0.15, 0.2) is 11.5 Å². The Balaban J connectivity index is 2.73. The van der Waals surface area contributed by atoms with Gasteiger partial charge in [-0.05, 0) is 6.92 Å². The zero-order chi connectivity index (χ0) is 7.72. The largest absolute Gasteiger partial charge is 0.508 e. The molecule has 3 nitrogen and oxygen atoms in total. The smallest absolute Gasteiger partial charge is 0.248 e. The zero-order valence-electron chi connectivity index (χ0n) is 5.54. The summed E-state index contributed by atoms with van der Waals surface area (Å²) >= 11 is 0. The first kappa shape index (κ1) is 7.34. The molecule has 0 aromatic heterocycles. The lowest BCUT2D eigenvalue weighted by Gasteiger charge is -2.03. The highest BCUT2D eigenvalue weighted by molar-refractivity contribution is 5.09. The van der Waals surface area contributed by atoms with E-state index in [4.69, 9.17) is 10.2 Å². The average Bonchev–Trinajstić information content (AvgIpc) is 2.17. The molecule has 0 fully saturated rings. The molecular weight excluding hydrogens is 139 g/mol. The normalized spacial score (nSPS) is 32.7. The molecule has 0 aliphatic carbocycles. The number of alkyl halides is 1. The fourth-order valence-corrected chi connectivity index (χ4v) is 0.795. The fraction of sp³-hybridized carbons (Fsp3) is 0.667. The number of ether oxygens (including phenoxy) is 1.